The number of nitrogens with one attached hydrogen (secondary N) is 1. The van der Waals surface area contributed by atoms with Gasteiger partial charge in [0.25, 0.3) is 0 Å². The van der Waals surface area contributed by atoms with Crippen LogP contribution in [0.1, 0.15) is 23.9 Å². The summed E-state index contributed by atoms with van der Waals surface area (Å²) >= 11 is 1.57. The number of anilines is 1. The van der Waals surface area contributed by atoms with Gasteiger partial charge in [-0.3, -0.25) is 0 Å². The van der Waals surface area contributed by atoms with Crippen LogP contribution in [0.15, 0.2) is 28.3 Å². The van der Waals surface area contributed by atoms with Crippen molar-refractivity contribution >= 4 is 17.7 Å². The molecule has 2 heterocycles. The predicted octanol–water partition coefficient (Wildman–Crippen LogP) is 3.38. The average molecular weight is 274 g/mol. The Morgan fingerprint density at radius 1 is 0.947 bits per heavy atom. The molecule has 5 heteroatoms. The summed E-state index contributed by atoms with van der Waals surface area (Å²) in [6.07, 6.45) is 0. The van der Waals surface area contributed by atoms with Crippen LogP contribution < -0.4 is 5.32 Å². The number of pyridine rings is 1. The SMILES string of the molecule is CCNc1nc(C)cc(Sc2cc(C)cc(C)n2)n1. The van der Waals surface area contributed by atoms with E-state index in [0.29, 0.717) is 5.95 Å². The number of aromatic nitrogens is 3. The maximum Gasteiger partial charge on any atom is 0.223 e. The van der Waals surface area contributed by atoms with Crippen molar-refractivity contribution in [2.45, 2.75) is 37.7 Å². The fourth-order valence-electron chi connectivity index (χ4n) is 1.79. The minimum Gasteiger partial charge on any atom is -0.354 e. The first kappa shape index (κ1) is 13.8. The van der Waals surface area contributed by atoms with Gasteiger partial charge in [0.15, 0.2) is 0 Å². The summed E-state index contributed by atoms with van der Waals surface area (Å²) in [6, 6.07) is 6.12. The van der Waals surface area contributed by atoms with E-state index in [4.69, 9.17) is 0 Å². The third-order valence-corrected chi connectivity index (χ3v) is 3.29. The summed E-state index contributed by atoms with van der Waals surface area (Å²) in [7, 11) is 0. The molecule has 2 rings (SSSR count). The zero-order valence-electron chi connectivity index (χ0n) is 11.7. The lowest BCUT2D eigenvalue weighted by molar-refractivity contribution is 0.977. The summed E-state index contributed by atoms with van der Waals surface area (Å²) in [5, 5.41) is 5.03. The quantitative estimate of drug-likeness (QED) is 0.866. The van der Waals surface area contributed by atoms with Gasteiger partial charge in [-0.25, -0.2) is 15.0 Å². The summed E-state index contributed by atoms with van der Waals surface area (Å²) in [4.78, 5) is 13.3. The molecule has 0 aromatic carbocycles. The maximum absolute atomic E-state index is 4.52. The molecule has 0 unspecified atom stereocenters. The molecule has 0 aliphatic rings. The summed E-state index contributed by atoms with van der Waals surface area (Å²) in [6.45, 7) is 8.90. The van der Waals surface area contributed by atoms with Crippen molar-refractivity contribution in [3.8, 4) is 0 Å². The van der Waals surface area contributed by atoms with Crippen molar-refractivity contribution in [2.24, 2.45) is 0 Å². The highest BCUT2D eigenvalue weighted by Gasteiger charge is 2.05. The van der Waals surface area contributed by atoms with Crippen LogP contribution >= 0.6 is 11.8 Å². The second kappa shape index (κ2) is 6.02. The Balaban J connectivity index is 2.27. The molecule has 4 nitrogen and oxygen atoms in total. The van der Waals surface area contributed by atoms with Crippen LogP contribution in [0.25, 0.3) is 0 Å². The van der Waals surface area contributed by atoms with E-state index in [1.54, 1.807) is 11.8 Å². The minimum atomic E-state index is 0.675. The third kappa shape index (κ3) is 3.92. The summed E-state index contributed by atoms with van der Waals surface area (Å²) in [5.74, 6) is 0.675. The molecule has 1 N–H and O–H groups in total. The maximum atomic E-state index is 4.52. The number of hydrogen-bond acceptors (Lipinski definition) is 5. The van der Waals surface area contributed by atoms with Crippen molar-refractivity contribution < 1.29 is 0 Å². The van der Waals surface area contributed by atoms with Crippen LogP contribution in [0.3, 0.4) is 0 Å². The highest BCUT2D eigenvalue weighted by Crippen LogP contribution is 2.26. The van der Waals surface area contributed by atoms with Crippen LogP contribution in [0.4, 0.5) is 5.95 Å². The summed E-state index contributed by atoms with van der Waals surface area (Å²) < 4.78 is 0. The van der Waals surface area contributed by atoms with Crippen molar-refractivity contribution in [3.05, 3.63) is 35.2 Å². The molecule has 0 fully saturated rings. The van der Waals surface area contributed by atoms with Crippen molar-refractivity contribution in [1.82, 2.24) is 15.0 Å². The molecule has 0 saturated carbocycles. The predicted molar refractivity (Wildman–Crippen MR) is 78.8 cm³/mol. The van der Waals surface area contributed by atoms with Gasteiger partial charge >= 0.3 is 0 Å². The lowest BCUT2D eigenvalue weighted by Crippen LogP contribution is -2.03. The highest BCUT2D eigenvalue weighted by atomic mass is 32.2. The standard InChI is InChI=1S/C14H18N4S/c1-5-15-14-17-11(4)8-13(18-14)19-12-7-9(2)6-10(3)16-12/h6-8H,5H2,1-4H3,(H,15,17,18). The first-order valence-electron chi connectivity index (χ1n) is 6.29. The Bertz CT molecular complexity index is 563. The molecule has 0 bridgehead atoms. The molecule has 0 saturated heterocycles. The minimum absolute atomic E-state index is 0.675. The van der Waals surface area contributed by atoms with E-state index < -0.39 is 0 Å². The van der Waals surface area contributed by atoms with E-state index in [1.807, 2.05) is 26.8 Å². The van der Waals surface area contributed by atoms with Gasteiger partial charge in [0.2, 0.25) is 5.95 Å². The van der Waals surface area contributed by atoms with Crippen LogP contribution in [0, 0.1) is 20.8 Å². The largest absolute Gasteiger partial charge is 0.354 e. The van der Waals surface area contributed by atoms with E-state index in [1.165, 1.54) is 5.56 Å². The average Bonchev–Trinajstić information content (AvgIpc) is 2.26. The zero-order valence-corrected chi connectivity index (χ0v) is 12.5. The molecule has 0 spiro atoms. The number of hydrogen-bond donors (Lipinski definition) is 1. The Labute approximate surface area is 118 Å². The number of rotatable bonds is 4. The molecule has 0 atom stereocenters. The molecule has 0 amide bonds. The van der Waals surface area contributed by atoms with Crippen molar-refractivity contribution in [3.63, 3.8) is 0 Å². The van der Waals surface area contributed by atoms with Gasteiger partial charge in [-0.15, -0.1) is 0 Å². The molecule has 2 aromatic rings. The van der Waals surface area contributed by atoms with Crippen LogP contribution in [-0.4, -0.2) is 21.5 Å². The van der Waals surface area contributed by atoms with Crippen LogP contribution in [0.2, 0.25) is 0 Å². The van der Waals surface area contributed by atoms with Gasteiger partial charge < -0.3 is 5.32 Å². The Morgan fingerprint density at radius 2 is 1.63 bits per heavy atom. The lowest BCUT2D eigenvalue weighted by atomic mass is 10.3. The second-order valence-corrected chi connectivity index (χ2v) is 5.47. The number of nitrogens with zero attached hydrogens (tertiary/aromatic N) is 3. The third-order valence-electron chi connectivity index (χ3n) is 2.45. The van der Waals surface area contributed by atoms with E-state index in [-0.39, 0.29) is 0 Å². The van der Waals surface area contributed by atoms with Crippen molar-refractivity contribution in [1.29, 1.82) is 0 Å². The Kier molecular flexibility index (Phi) is 4.37. The topological polar surface area (TPSA) is 50.7 Å². The Morgan fingerprint density at radius 3 is 2.32 bits per heavy atom. The molecular formula is C14H18N4S. The molecule has 0 aliphatic carbocycles. The molecular weight excluding hydrogens is 256 g/mol. The summed E-state index contributed by atoms with van der Waals surface area (Å²) in [5.41, 5.74) is 3.20. The van der Waals surface area contributed by atoms with E-state index >= 15 is 0 Å². The van der Waals surface area contributed by atoms with Gasteiger partial charge in [0, 0.05) is 17.9 Å². The molecule has 2 aromatic heterocycles. The molecule has 100 valence electrons. The normalized spacial score (nSPS) is 10.5. The first-order chi connectivity index (χ1) is 9.06. The zero-order chi connectivity index (χ0) is 13.8. The molecule has 0 aliphatic heterocycles. The van der Waals surface area contributed by atoms with Crippen LogP contribution in [-0.2, 0) is 0 Å². The molecule has 19 heavy (non-hydrogen) atoms. The highest BCUT2D eigenvalue weighted by molar-refractivity contribution is 7.99. The fourth-order valence-corrected chi connectivity index (χ4v) is 2.80. The van der Waals surface area contributed by atoms with Crippen molar-refractivity contribution in [2.75, 3.05) is 11.9 Å². The Hall–Kier alpha value is -1.62. The van der Waals surface area contributed by atoms with Gasteiger partial charge in [0.1, 0.15) is 10.1 Å². The van der Waals surface area contributed by atoms with E-state index in [0.717, 1.165) is 28.0 Å². The lowest BCUT2D eigenvalue weighted by Gasteiger charge is -2.07. The molecule has 0 radical (unpaired) electrons. The monoisotopic (exact) mass is 274 g/mol. The van der Waals surface area contributed by atoms with Gasteiger partial charge in [0.05, 0.1) is 0 Å². The first-order valence-corrected chi connectivity index (χ1v) is 7.11. The van der Waals surface area contributed by atoms with Crippen LogP contribution in [0.5, 0.6) is 0 Å². The van der Waals surface area contributed by atoms with Gasteiger partial charge in [-0.2, -0.15) is 0 Å². The van der Waals surface area contributed by atoms with Gasteiger partial charge in [-0.1, -0.05) is 0 Å². The fraction of sp³-hybridized carbons (Fsp3) is 0.357. The smallest absolute Gasteiger partial charge is 0.223 e. The van der Waals surface area contributed by atoms with Gasteiger partial charge in [-0.05, 0) is 63.2 Å². The van der Waals surface area contributed by atoms with E-state index in [2.05, 4.69) is 39.3 Å². The van der Waals surface area contributed by atoms with E-state index in [9.17, 15) is 0 Å². The number of aryl methyl sites for hydroxylation is 3. The second-order valence-electron chi connectivity index (χ2n) is 4.43.